The van der Waals surface area contributed by atoms with Gasteiger partial charge in [0.25, 0.3) is 5.91 Å². The molecule has 0 bridgehead atoms. The zero-order valence-electron chi connectivity index (χ0n) is 13.2. The van der Waals surface area contributed by atoms with E-state index >= 15 is 0 Å². The van der Waals surface area contributed by atoms with E-state index in [0.29, 0.717) is 31.0 Å². The molecule has 23 heavy (non-hydrogen) atoms. The van der Waals surface area contributed by atoms with E-state index in [9.17, 15) is 9.90 Å². The van der Waals surface area contributed by atoms with E-state index in [1.807, 2.05) is 37.3 Å². The summed E-state index contributed by atoms with van der Waals surface area (Å²) in [6.07, 6.45) is 2.11. The van der Waals surface area contributed by atoms with Gasteiger partial charge in [0.2, 0.25) is 5.88 Å². The number of pyridine rings is 1. The van der Waals surface area contributed by atoms with E-state index in [-0.39, 0.29) is 18.4 Å². The van der Waals surface area contributed by atoms with Crippen molar-refractivity contribution in [2.75, 3.05) is 19.8 Å². The second-order valence-corrected chi connectivity index (χ2v) is 5.15. The summed E-state index contributed by atoms with van der Waals surface area (Å²) in [5.74, 6) is 0.409. The van der Waals surface area contributed by atoms with Crippen LogP contribution in [0.5, 0.6) is 5.88 Å². The Morgan fingerprint density at radius 2 is 2.04 bits per heavy atom. The Hall–Kier alpha value is -2.40. The van der Waals surface area contributed by atoms with Gasteiger partial charge in [0.1, 0.15) is 0 Å². The summed E-state index contributed by atoms with van der Waals surface area (Å²) < 4.78 is 5.26. The molecule has 1 heterocycles. The monoisotopic (exact) mass is 314 g/mol. The highest BCUT2D eigenvalue weighted by Gasteiger charge is 2.13. The van der Waals surface area contributed by atoms with Crippen LogP contribution in [0.1, 0.15) is 35.2 Å². The predicted molar refractivity (Wildman–Crippen MR) is 88.6 cm³/mol. The molecular weight excluding hydrogens is 292 g/mol. The second-order valence-electron chi connectivity index (χ2n) is 5.15. The molecule has 2 aromatic rings. The Labute approximate surface area is 136 Å². The summed E-state index contributed by atoms with van der Waals surface area (Å²) in [5.41, 5.74) is 1.59. The quantitative estimate of drug-likeness (QED) is 0.785. The van der Waals surface area contributed by atoms with Crippen molar-refractivity contribution in [3.05, 3.63) is 59.8 Å². The van der Waals surface area contributed by atoms with Gasteiger partial charge < -0.3 is 15.2 Å². The topological polar surface area (TPSA) is 71.5 Å². The summed E-state index contributed by atoms with van der Waals surface area (Å²) in [5, 5.41) is 12.1. The number of carbonyl (C=O) groups is 1. The molecule has 0 fully saturated rings. The van der Waals surface area contributed by atoms with Crippen LogP contribution >= 0.6 is 0 Å². The van der Waals surface area contributed by atoms with E-state index in [1.54, 1.807) is 12.1 Å². The van der Waals surface area contributed by atoms with Crippen molar-refractivity contribution in [1.29, 1.82) is 0 Å². The lowest BCUT2D eigenvalue weighted by Crippen LogP contribution is -2.29. The van der Waals surface area contributed by atoms with E-state index in [4.69, 9.17) is 4.74 Å². The second kappa shape index (κ2) is 8.90. The third-order valence-corrected chi connectivity index (χ3v) is 3.55. The first-order valence-electron chi connectivity index (χ1n) is 7.77. The van der Waals surface area contributed by atoms with Crippen molar-refractivity contribution in [3.8, 4) is 5.88 Å². The van der Waals surface area contributed by atoms with Crippen LogP contribution in [0.4, 0.5) is 0 Å². The van der Waals surface area contributed by atoms with Gasteiger partial charge in [-0.15, -0.1) is 0 Å². The molecule has 2 rings (SSSR count). The van der Waals surface area contributed by atoms with Crippen LogP contribution in [-0.2, 0) is 0 Å². The van der Waals surface area contributed by atoms with Gasteiger partial charge in [-0.05, 0) is 25.0 Å². The molecule has 0 aliphatic rings. The van der Waals surface area contributed by atoms with Crippen molar-refractivity contribution < 1.29 is 14.6 Å². The number of hydrogen-bond acceptors (Lipinski definition) is 4. The number of aromatic nitrogens is 1. The van der Waals surface area contributed by atoms with Crippen LogP contribution in [-0.4, -0.2) is 35.8 Å². The highest BCUT2D eigenvalue weighted by molar-refractivity contribution is 5.93. The molecule has 1 aromatic carbocycles. The van der Waals surface area contributed by atoms with Crippen molar-refractivity contribution in [3.63, 3.8) is 0 Å². The molecule has 5 nitrogen and oxygen atoms in total. The van der Waals surface area contributed by atoms with E-state index in [2.05, 4.69) is 10.3 Å². The Kier molecular flexibility index (Phi) is 6.56. The van der Waals surface area contributed by atoms with Gasteiger partial charge in [0.15, 0.2) is 0 Å². The number of amides is 1. The molecule has 1 unspecified atom stereocenters. The minimum absolute atomic E-state index is 0.0834. The lowest BCUT2D eigenvalue weighted by molar-refractivity contribution is 0.0949. The van der Waals surface area contributed by atoms with Crippen molar-refractivity contribution in [2.24, 2.45) is 0 Å². The molecule has 1 amide bonds. The molecule has 0 radical (unpaired) electrons. The van der Waals surface area contributed by atoms with Gasteiger partial charge in [-0.1, -0.05) is 30.3 Å². The first kappa shape index (κ1) is 17.0. The largest absolute Gasteiger partial charge is 0.478 e. The van der Waals surface area contributed by atoms with Gasteiger partial charge in [0.05, 0.1) is 12.2 Å². The third kappa shape index (κ3) is 5.07. The number of ether oxygens (including phenoxy) is 1. The number of hydrogen-bond donors (Lipinski definition) is 2. The summed E-state index contributed by atoms with van der Waals surface area (Å²) in [7, 11) is 0. The molecule has 0 spiro atoms. The Balaban J connectivity index is 1.95. The molecule has 0 aliphatic carbocycles. The zero-order valence-corrected chi connectivity index (χ0v) is 13.2. The maximum atomic E-state index is 12.2. The van der Waals surface area contributed by atoms with Gasteiger partial charge in [0, 0.05) is 31.3 Å². The van der Waals surface area contributed by atoms with Crippen LogP contribution in [0.15, 0.2) is 48.7 Å². The predicted octanol–water partition coefficient (Wildman–Crippen LogP) is 2.38. The van der Waals surface area contributed by atoms with Crippen LogP contribution in [0, 0.1) is 0 Å². The summed E-state index contributed by atoms with van der Waals surface area (Å²) in [6, 6.07) is 13.2. The SMILES string of the molecule is CCOc1ccc(C(=O)NCC(CCO)c2ccccc2)cn1. The number of aliphatic hydroxyl groups excluding tert-OH is 1. The van der Waals surface area contributed by atoms with E-state index < -0.39 is 0 Å². The minimum atomic E-state index is -0.181. The summed E-state index contributed by atoms with van der Waals surface area (Å²) in [6.45, 7) is 2.97. The molecule has 0 saturated carbocycles. The third-order valence-electron chi connectivity index (χ3n) is 3.55. The average molecular weight is 314 g/mol. The van der Waals surface area contributed by atoms with Gasteiger partial charge in [-0.3, -0.25) is 4.79 Å². The Bertz CT molecular complexity index is 599. The van der Waals surface area contributed by atoms with Crippen molar-refractivity contribution in [2.45, 2.75) is 19.3 Å². The van der Waals surface area contributed by atoms with Crippen molar-refractivity contribution >= 4 is 5.91 Å². The molecule has 0 aliphatic heterocycles. The lowest BCUT2D eigenvalue weighted by Gasteiger charge is -2.17. The molecule has 0 saturated heterocycles. The molecular formula is C18H22N2O3. The Morgan fingerprint density at radius 1 is 1.26 bits per heavy atom. The lowest BCUT2D eigenvalue weighted by atomic mass is 9.96. The van der Waals surface area contributed by atoms with Crippen molar-refractivity contribution in [1.82, 2.24) is 10.3 Å². The molecule has 2 N–H and O–H groups in total. The number of benzene rings is 1. The average Bonchev–Trinajstić information content (AvgIpc) is 2.60. The highest BCUT2D eigenvalue weighted by Crippen LogP contribution is 2.18. The molecule has 1 atom stereocenters. The first-order valence-corrected chi connectivity index (χ1v) is 7.77. The van der Waals surface area contributed by atoms with E-state index in [0.717, 1.165) is 5.56 Å². The number of nitrogens with zero attached hydrogens (tertiary/aromatic N) is 1. The maximum absolute atomic E-state index is 12.2. The zero-order chi connectivity index (χ0) is 16.5. The standard InChI is InChI=1S/C18H22N2O3/c1-2-23-17-9-8-16(13-19-17)18(22)20-12-15(10-11-21)14-6-4-3-5-7-14/h3-9,13,15,21H,2,10-12H2,1H3,(H,20,22). The maximum Gasteiger partial charge on any atom is 0.252 e. The number of carbonyl (C=O) groups excluding carboxylic acids is 1. The normalized spacial score (nSPS) is 11.7. The van der Waals surface area contributed by atoms with Crippen LogP contribution < -0.4 is 10.1 Å². The smallest absolute Gasteiger partial charge is 0.252 e. The number of nitrogens with one attached hydrogen (secondary N) is 1. The van der Waals surface area contributed by atoms with Gasteiger partial charge in [-0.25, -0.2) is 4.98 Å². The molecule has 122 valence electrons. The van der Waals surface area contributed by atoms with Gasteiger partial charge in [-0.2, -0.15) is 0 Å². The van der Waals surface area contributed by atoms with E-state index in [1.165, 1.54) is 6.20 Å². The highest BCUT2D eigenvalue weighted by atomic mass is 16.5. The number of rotatable bonds is 8. The fraction of sp³-hybridized carbons (Fsp3) is 0.333. The fourth-order valence-electron chi connectivity index (χ4n) is 2.33. The molecule has 1 aromatic heterocycles. The van der Waals surface area contributed by atoms with Crippen LogP contribution in [0.25, 0.3) is 0 Å². The summed E-state index contributed by atoms with van der Waals surface area (Å²) in [4.78, 5) is 16.3. The van der Waals surface area contributed by atoms with Crippen LogP contribution in [0.3, 0.4) is 0 Å². The van der Waals surface area contributed by atoms with Gasteiger partial charge >= 0.3 is 0 Å². The minimum Gasteiger partial charge on any atom is -0.478 e. The fourth-order valence-corrected chi connectivity index (χ4v) is 2.33. The summed E-state index contributed by atoms with van der Waals surface area (Å²) >= 11 is 0. The Morgan fingerprint density at radius 3 is 2.65 bits per heavy atom. The number of aliphatic hydroxyl groups is 1. The molecule has 5 heteroatoms. The van der Waals surface area contributed by atoms with Crippen LogP contribution in [0.2, 0.25) is 0 Å². The first-order chi connectivity index (χ1) is 11.2.